The molecule has 0 amide bonds. The molecule has 68 valence electrons. The third-order valence-electron chi connectivity index (χ3n) is 3.14. The van der Waals surface area contributed by atoms with E-state index in [0.717, 1.165) is 11.8 Å². The Balaban J connectivity index is 0.000001000. The minimum atomic E-state index is 0. The van der Waals surface area contributed by atoms with Gasteiger partial charge in [-0.3, -0.25) is 0 Å². The molecule has 11 heavy (non-hydrogen) atoms. The first-order valence-corrected chi connectivity index (χ1v) is 4.58. The smallest absolute Gasteiger partial charge is 0.0321 e. The van der Waals surface area contributed by atoms with Gasteiger partial charge in [0.25, 0.3) is 0 Å². The van der Waals surface area contributed by atoms with Crippen LogP contribution in [0.3, 0.4) is 0 Å². The van der Waals surface area contributed by atoms with Gasteiger partial charge < -0.3 is 0 Å². The fourth-order valence-corrected chi connectivity index (χ4v) is 2.72. The minimum Gasteiger partial charge on any atom is -0.0776 e. The van der Waals surface area contributed by atoms with Gasteiger partial charge in [0.15, 0.2) is 0 Å². The second-order valence-electron chi connectivity index (χ2n) is 4.57. The molecule has 1 rings (SSSR count). The van der Waals surface area contributed by atoms with Gasteiger partial charge in [0.05, 0.1) is 0 Å². The van der Waals surface area contributed by atoms with Crippen LogP contribution in [0.15, 0.2) is 0 Å². The Morgan fingerprint density at radius 3 is 2.09 bits per heavy atom. The van der Waals surface area contributed by atoms with Crippen LogP contribution in [-0.2, 0) is 0 Å². The van der Waals surface area contributed by atoms with Crippen molar-refractivity contribution in [2.45, 2.75) is 54.4 Å². The van der Waals surface area contributed by atoms with Crippen LogP contribution in [0.4, 0.5) is 0 Å². The van der Waals surface area contributed by atoms with E-state index in [2.05, 4.69) is 27.7 Å². The average Bonchev–Trinajstić information content (AvgIpc) is 1.82. The Morgan fingerprint density at radius 1 is 1.36 bits per heavy atom. The summed E-state index contributed by atoms with van der Waals surface area (Å²) in [7, 11) is 0. The topological polar surface area (TPSA) is 0 Å². The molecule has 0 heterocycles. The summed E-state index contributed by atoms with van der Waals surface area (Å²) in [5.41, 5.74) is 0.662. The lowest BCUT2D eigenvalue weighted by atomic mass is 9.55. The van der Waals surface area contributed by atoms with Crippen LogP contribution in [-0.4, -0.2) is 0 Å². The van der Waals surface area contributed by atoms with Crippen LogP contribution in [0, 0.1) is 17.3 Å². The predicted molar refractivity (Wildman–Crippen MR) is 52.7 cm³/mol. The standard InChI is InChI=1S/C10H20.CH4/c1-5-6-9-8(2)7-10(9,3)4;/h8-9H,5-7H2,1-4H3;1H4. The monoisotopic (exact) mass is 156 g/mol. The van der Waals surface area contributed by atoms with Crippen LogP contribution in [0.2, 0.25) is 0 Å². The van der Waals surface area contributed by atoms with Crippen molar-refractivity contribution in [3.8, 4) is 0 Å². The molecule has 0 aromatic carbocycles. The van der Waals surface area contributed by atoms with Gasteiger partial charge in [0.1, 0.15) is 0 Å². The maximum Gasteiger partial charge on any atom is -0.0321 e. The molecule has 0 aromatic rings. The van der Waals surface area contributed by atoms with Gasteiger partial charge in [-0.2, -0.15) is 0 Å². The van der Waals surface area contributed by atoms with Crippen molar-refractivity contribution in [2.24, 2.45) is 17.3 Å². The molecular weight excluding hydrogens is 132 g/mol. The molecule has 0 heteroatoms. The van der Waals surface area contributed by atoms with Gasteiger partial charge in [-0.25, -0.2) is 0 Å². The zero-order valence-corrected chi connectivity index (χ0v) is 7.78. The fourth-order valence-electron chi connectivity index (χ4n) is 2.72. The summed E-state index contributed by atoms with van der Waals surface area (Å²) < 4.78 is 0. The maximum atomic E-state index is 2.41. The lowest BCUT2D eigenvalue weighted by molar-refractivity contribution is -0.00638. The van der Waals surface area contributed by atoms with E-state index in [1.807, 2.05) is 0 Å². The molecule has 0 aromatic heterocycles. The average molecular weight is 156 g/mol. The van der Waals surface area contributed by atoms with E-state index in [4.69, 9.17) is 0 Å². The first-order valence-electron chi connectivity index (χ1n) is 4.58. The van der Waals surface area contributed by atoms with Crippen molar-refractivity contribution < 1.29 is 0 Å². The Labute approximate surface area is 72.4 Å². The highest BCUT2D eigenvalue weighted by atomic mass is 14.5. The highest BCUT2D eigenvalue weighted by Gasteiger charge is 2.43. The van der Waals surface area contributed by atoms with E-state index in [0.29, 0.717) is 5.41 Å². The van der Waals surface area contributed by atoms with Gasteiger partial charge in [-0.1, -0.05) is 41.5 Å². The SMILES string of the molecule is C.CCCC1C(C)CC1(C)C. The summed E-state index contributed by atoms with van der Waals surface area (Å²) in [6.07, 6.45) is 4.24. The van der Waals surface area contributed by atoms with Gasteiger partial charge in [0, 0.05) is 0 Å². The molecule has 0 bridgehead atoms. The van der Waals surface area contributed by atoms with Crippen LogP contribution in [0.1, 0.15) is 54.4 Å². The number of hydrogen-bond donors (Lipinski definition) is 0. The molecule has 2 unspecified atom stereocenters. The van der Waals surface area contributed by atoms with Crippen molar-refractivity contribution in [1.29, 1.82) is 0 Å². The fraction of sp³-hybridized carbons (Fsp3) is 1.00. The predicted octanol–water partition coefficient (Wildman–Crippen LogP) is 4.10. The summed E-state index contributed by atoms with van der Waals surface area (Å²) in [5.74, 6) is 2.01. The van der Waals surface area contributed by atoms with E-state index >= 15 is 0 Å². The Hall–Kier alpha value is 0. The van der Waals surface area contributed by atoms with E-state index in [-0.39, 0.29) is 7.43 Å². The molecule has 1 fully saturated rings. The molecule has 0 radical (unpaired) electrons. The largest absolute Gasteiger partial charge is 0.0776 e. The summed E-state index contributed by atoms with van der Waals surface area (Å²) in [5, 5.41) is 0. The van der Waals surface area contributed by atoms with Crippen molar-refractivity contribution in [1.82, 2.24) is 0 Å². The lowest BCUT2D eigenvalue weighted by Crippen LogP contribution is -2.42. The third-order valence-corrected chi connectivity index (χ3v) is 3.14. The minimum absolute atomic E-state index is 0. The molecule has 0 aliphatic heterocycles. The summed E-state index contributed by atoms with van der Waals surface area (Å²) in [6, 6.07) is 0. The van der Waals surface area contributed by atoms with Crippen molar-refractivity contribution in [3.05, 3.63) is 0 Å². The first kappa shape index (κ1) is 11.0. The molecule has 0 nitrogen and oxygen atoms in total. The van der Waals surface area contributed by atoms with Crippen molar-refractivity contribution in [3.63, 3.8) is 0 Å². The molecular formula is C11H24. The lowest BCUT2D eigenvalue weighted by Gasteiger charge is -2.50. The number of hydrogen-bond acceptors (Lipinski definition) is 0. The quantitative estimate of drug-likeness (QED) is 0.564. The van der Waals surface area contributed by atoms with Gasteiger partial charge in [-0.15, -0.1) is 0 Å². The van der Waals surface area contributed by atoms with Crippen LogP contribution < -0.4 is 0 Å². The van der Waals surface area contributed by atoms with E-state index in [9.17, 15) is 0 Å². The van der Waals surface area contributed by atoms with Crippen LogP contribution in [0.25, 0.3) is 0 Å². The molecule has 1 aliphatic carbocycles. The van der Waals surface area contributed by atoms with Gasteiger partial charge in [-0.05, 0) is 30.1 Å². The Morgan fingerprint density at radius 2 is 1.91 bits per heavy atom. The van der Waals surface area contributed by atoms with E-state index in [1.165, 1.54) is 19.3 Å². The molecule has 0 N–H and O–H groups in total. The highest BCUT2D eigenvalue weighted by molar-refractivity contribution is 4.93. The summed E-state index contributed by atoms with van der Waals surface area (Å²) >= 11 is 0. The van der Waals surface area contributed by atoms with Crippen LogP contribution in [0.5, 0.6) is 0 Å². The van der Waals surface area contributed by atoms with Crippen LogP contribution >= 0.6 is 0 Å². The van der Waals surface area contributed by atoms with Gasteiger partial charge in [0.2, 0.25) is 0 Å². The van der Waals surface area contributed by atoms with Crippen molar-refractivity contribution in [2.75, 3.05) is 0 Å². The zero-order chi connectivity index (χ0) is 7.78. The Bertz CT molecular complexity index is 113. The molecule has 1 saturated carbocycles. The first-order chi connectivity index (χ1) is 4.58. The molecule has 0 spiro atoms. The molecule has 0 saturated heterocycles. The summed E-state index contributed by atoms with van der Waals surface area (Å²) in [4.78, 5) is 0. The molecule has 1 aliphatic rings. The highest BCUT2D eigenvalue weighted by Crippen LogP contribution is 2.52. The second kappa shape index (κ2) is 3.60. The normalized spacial score (nSPS) is 33.8. The molecule has 2 atom stereocenters. The van der Waals surface area contributed by atoms with Crippen molar-refractivity contribution >= 4 is 0 Å². The zero-order valence-electron chi connectivity index (χ0n) is 7.78. The van der Waals surface area contributed by atoms with E-state index < -0.39 is 0 Å². The second-order valence-corrected chi connectivity index (χ2v) is 4.57. The van der Waals surface area contributed by atoms with Gasteiger partial charge >= 0.3 is 0 Å². The van der Waals surface area contributed by atoms with E-state index in [1.54, 1.807) is 0 Å². The Kier molecular flexibility index (Phi) is 3.60. The maximum absolute atomic E-state index is 2.41. The third kappa shape index (κ3) is 1.98. The summed E-state index contributed by atoms with van der Waals surface area (Å²) in [6.45, 7) is 9.51. The number of rotatable bonds is 2.